The van der Waals surface area contributed by atoms with Crippen LogP contribution in [0.5, 0.6) is 0 Å². The molecular formula is C14H18N2O3. The zero-order chi connectivity index (χ0) is 13.8. The summed E-state index contributed by atoms with van der Waals surface area (Å²) in [7, 11) is 0. The Bertz CT molecular complexity index is 462. The number of benzene rings is 1. The van der Waals surface area contributed by atoms with E-state index in [4.69, 9.17) is 5.11 Å². The van der Waals surface area contributed by atoms with Gasteiger partial charge in [-0.05, 0) is 17.5 Å². The molecule has 1 heterocycles. The van der Waals surface area contributed by atoms with Crippen LogP contribution in [0.2, 0.25) is 0 Å². The highest BCUT2D eigenvalue weighted by atomic mass is 16.4. The minimum Gasteiger partial charge on any atom is -0.481 e. The normalized spacial score (nSPS) is 18.3. The van der Waals surface area contributed by atoms with E-state index in [1.807, 2.05) is 31.2 Å². The average molecular weight is 262 g/mol. The van der Waals surface area contributed by atoms with Gasteiger partial charge in [-0.1, -0.05) is 25.1 Å². The van der Waals surface area contributed by atoms with Gasteiger partial charge in [0.2, 0.25) is 5.91 Å². The molecule has 1 amide bonds. The first-order valence-electron chi connectivity index (χ1n) is 6.40. The number of hydrogen-bond acceptors (Lipinski definition) is 3. The third-order valence-corrected chi connectivity index (χ3v) is 3.24. The van der Waals surface area contributed by atoms with Gasteiger partial charge in [0, 0.05) is 25.1 Å². The summed E-state index contributed by atoms with van der Waals surface area (Å²) in [6, 6.07) is 7.59. The molecule has 5 heteroatoms. The van der Waals surface area contributed by atoms with Crippen LogP contribution in [0, 0.1) is 5.92 Å². The first-order chi connectivity index (χ1) is 9.06. The number of aliphatic carboxylic acids is 1. The summed E-state index contributed by atoms with van der Waals surface area (Å²) in [5, 5.41) is 14.6. The van der Waals surface area contributed by atoms with E-state index in [0.717, 1.165) is 11.3 Å². The number of nitrogens with one attached hydrogen (secondary N) is 2. The van der Waals surface area contributed by atoms with Gasteiger partial charge in [0.1, 0.15) is 6.04 Å². The Morgan fingerprint density at radius 1 is 1.47 bits per heavy atom. The van der Waals surface area contributed by atoms with Crippen LogP contribution >= 0.6 is 0 Å². The molecule has 19 heavy (non-hydrogen) atoms. The molecule has 1 aromatic rings. The molecule has 0 radical (unpaired) electrons. The Kier molecular flexibility index (Phi) is 4.04. The van der Waals surface area contributed by atoms with E-state index >= 15 is 0 Å². The number of amides is 1. The molecule has 3 N–H and O–H groups in total. The maximum absolute atomic E-state index is 12.0. The molecule has 5 nitrogen and oxygen atoms in total. The maximum Gasteiger partial charge on any atom is 0.303 e. The Hall–Kier alpha value is -2.04. The standard InChI is InChI=1S/C14H18N2O3/c1-9(6-13(17)18)8-15-14(19)12-7-10-4-2-3-5-11(10)16-12/h2-5,9,12,16H,6-8H2,1H3,(H,15,19)(H,17,18)/t9?,12-/m0/s1. The van der Waals surface area contributed by atoms with E-state index in [1.165, 1.54) is 0 Å². The van der Waals surface area contributed by atoms with E-state index in [1.54, 1.807) is 0 Å². The predicted molar refractivity (Wildman–Crippen MR) is 72.0 cm³/mol. The van der Waals surface area contributed by atoms with Crippen LogP contribution in [-0.4, -0.2) is 29.6 Å². The Morgan fingerprint density at radius 3 is 2.89 bits per heavy atom. The summed E-state index contributed by atoms with van der Waals surface area (Å²) in [5.41, 5.74) is 2.14. The summed E-state index contributed by atoms with van der Waals surface area (Å²) in [6.45, 7) is 2.20. The monoisotopic (exact) mass is 262 g/mol. The molecule has 1 aliphatic rings. The van der Waals surface area contributed by atoms with Crippen LogP contribution in [-0.2, 0) is 16.0 Å². The molecule has 0 spiro atoms. The summed E-state index contributed by atoms with van der Waals surface area (Å²) in [4.78, 5) is 22.5. The summed E-state index contributed by atoms with van der Waals surface area (Å²) in [5.74, 6) is -0.980. The molecule has 0 aliphatic carbocycles. The molecule has 2 rings (SSSR count). The van der Waals surface area contributed by atoms with Crippen LogP contribution < -0.4 is 10.6 Å². The number of carbonyl (C=O) groups excluding carboxylic acids is 1. The molecule has 102 valence electrons. The SMILES string of the molecule is CC(CNC(=O)[C@@H]1Cc2ccccc2N1)CC(=O)O. The van der Waals surface area contributed by atoms with Crippen LogP contribution in [0.15, 0.2) is 24.3 Å². The second kappa shape index (κ2) is 5.73. The molecule has 2 atom stereocenters. The highest BCUT2D eigenvalue weighted by Gasteiger charge is 2.26. The van der Waals surface area contributed by atoms with E-state index in [9.17, 15) is 9.59 Å². The molecule has 1 unspecified atom stereocenters. The molecule has 0 saturated heterocycles. The van der Waals surface area contributed by atoms with Crippen molar-refractivity contribution in [3.63, 3.8) is 0 Å². The van der Waals surface area contributed by atoms with Crippen LogP contribution in [0.25, 0.3) is 0 Å². The van der Waals surface area contributed by atoms with E-state index in [-0.39, 0.29) is 24.3 Å². The number of rotatable bonds is 5. The minimum atomic E-state index is -0.840. The van der Waals surface area contributed by atoms with Crippen molar-refractivity contribution >= 4 is 17.6 Å². The predicted octanol–water partition coefficient (Wildman–Crippen LogP) is 1.25. The maximum atomic E-state index is 12.0. The summed E-state index contributed by atoms with van der Waals surface area (Å²) >= 11 is 0. The fourth-order valence-electron chi connectivity index (χ4n) is 2.22. The van der Waals surface area contributed by atoms with Crippen LogP contribution in [0.1, 0.15) is 18.9 Å². The fourth-order valence-corrected chi connectivity index (χ4v) is 2.22. The van der Waals surface area contributed by atoms with Gasteiger partial charge in [0.25, 0.3) is 0 Å². The van der Waals surface area contributed by atoms with E-state index in [0.29, 0.717) is 13.0 Å². The quantitative estimate of drug-likeness (QED) is 0.746. The van der Waals surface area contributed by atoms with Gasteiger partial charge < -0.3 is 15.7 Å². The molecule has 0 bridgehead atoms. The van der Waals surface area contributed by atoms with Gasteiger partial charge in [-0.15, -0.1) is 0 Å². The van der Waals surface area contributed by atoms with Gasteiger partial charge in [0.15, 0.2) is 0 Å². The number of fused-ring (bicyclic) bond motifs is 1. The van der Waals surface area contributed by atoms with Gasteiger partial charge in [0.05, 0.1) is 0 Å². The van der Waals surface area contributed by atoms with Crippen molar-refractivity contribution in [3.05, 3.63) is 29.8 Å². The van der Waals surface area contributed by atoms with E-state index in [2.05, 4.69) is 10.6 Å². The number of para-hydroxylation sites is 1. The highest BCUT2D eigenvalue weighted by Crippen LogP contribution is 2.25. The Labute approximate surface area is 112 Å². The second-order valence-electron chi connectivity index (χ2n) is 5.01. The topological polar surface area (TPSA) is 78.4 Å². The molecule has 0 saturated carbocycles. The third kappa shape index (κ3) is 3.47. The van der Waals surface area contributed by atoms with Crippen molar-refractivity contribution < 1.29 is 14.7 Å². The third-order valence-electron chi connectivity index (χ3n) is 3.24. The number of carbonyl (C=O) groups is 2. The molecular weight excluding hydrogens is 244 g/mol. The number of carboxylic acid groups (broad SMARTS) is 1. The Balaban J connectivity index is 1.81. The van der Waals surface area contributed by atoms with E-state index < -0.39 is 5.97 Å². The lowest BCUT2D eigenvalue weighted by molar-refractivity contribution is -0.138. The fraction of sp³-hybridized carbons (Fsp3) is 0.429. The zero-order valence-electron chi connectivity index (χ0n) is 10.8. The molecule has 0 fully saturated rings. The van der Waals surface area contributed by atoms with Crippen molar-refractivity contribution in [2.45, 2.75) is 25.8 Å². The van der Waals surface area contributed by atoms with Crippen molar-refractivity contribution in [3.8, 4) is 0 Å². The summed E-state index contributed by atoms with van der Waals surface area (Å²) < 4.78 is 0. The van der Waals surface area contributed by atoms with Crippen LogP contribution in [0.4, 0.5) is 5.69 Å². The molecule has 0 aromatic heterocycles. The second-order valence-corrected chi connectivity index (χ2v) is 5.01. The van der Waals surface area contributed by atoms with Gasteiger partial charge in [-0.25, -0.2) is 0 Å². The molecule has 1 aromatic carbocycles. The van der Waals surface area contributed by atoms with Crippen molar-refractivity contribution in [1.82, 2.24) is 5.32 Å². The first kappa shape index (κ1) is 13.4. The minimum absolute atomic E-state index is 0.0646. The number of carboxylic acids is 1. The zero-order valence-corrected chi connectivity index (χ0v) is 10.8. The lowest BCUT2D eigenvalue weighted by Crippen LogP contribution is -2.40. The Morgan fingerprint density at radius 2 is 2.21 bits per heavy atom. The molecule has 1 aliphatic heterocycles. The first-order valence-corrected chi connectivity index (χ1v) is 6.40. The lowest BCUT2D eigenvalue weighted by Gasteiger charge is -2.14. The lowest BCUT2D eigenvalue weighted by atomic mass is 10.1. The van der Waals surface area contributed by atoms with Crippen molar-refractivity contribution in [2.75, 3.05) is 11.9 Å². The van der Waals surface area contributed by atoms with Crippen molar-refractivity contribution in [2.24, 2.45) is 5.92 Å². The van der Waals surface area contributed by atoms with Gasteiger partial charge >= 0.3 is 5.97 Å². The van der Waals surface area contributed by atoms with Gasteiger partial charge in [-0.3, -0.25) is 9.59 Å². The average Bonchev–Trinajstić information content (AvgIpc) is 2.78. The van der Waals surface area contributed by atoms with Crippen LogP contribution in [0.3, 0.4) is 0 Å². The number of hydrogen-bond donors (Lipinski definition) is 3. The number of anilines is 1. The van der Waals surface area contributed by atoms with Crippen molar-refractivity contribution in [1.29, 1.82) is 0 Å². The largest absolute Gasteiger partial charge is 0.481 e. The van der Waals surface area contributed by atoms with Gasteiger partial charge in [-0.2, -0.15) is 0 Å². The smallest absolute Gasteiger partial charge is 0.303 e. The summed E-state index contributed by atoms with van der Waals surface area (Å²) in [6.07, 6.45) is 0.744. The highest BCUT2D eigenvalue weighted by molar-refractivity contribution is 5.87.